The van der Waals surface area contributed by atoms with Gasteiger partial charge in [-0.2, -0.15) is 0 Å². The molecule has 0 unspecified atom stereocenters. The average molecular weight is 334 g/mol. The van der Waals surface area contributed by atoms with Crippen molar-refractivity contribution >= 4 is 28.9 Å². The standard InChI is InChI=1S/C12H15IO3/c1-3-4-5-16-12-10(13)6-9(8-14)7-11(12)15-2/h6-8H,3-5H2,1-2H3. The second-order valence-corrected chi connectivity index (χ2v) is 4.52. The third-order valence-corrected chi connectivity index (χ3v) is 2.93. The van der Waals surface area contributed by atoms with Crippen LogP contribution in [0.1, 0.15) is 30.1 Å². The summed E-state index contributed by atoms with van der Waals surface area (Å²) in [6.07, 6.45) is 2.90. The Bertz CT molecular complexity index is 364. The van der Waals surface area contributed by atoms with Crippen LogP contribution in [0, 0.1) is 3.57 Å². The molecule has 0 aliphatic rings. The first kappa shape index (κ1) is 13.3. The third-order valence-electron chi connectivity index (χ3n) is 2.13. The van der Waals surface area contributed by atoms with Crippen molar-refractivity contribution < 1.29 is 14.3 Å². The number of methoxy groups -OCH3 is 1. The van der Waals surface area contributed by atoms with Gasteiger partial charge in [0.15, 0.2) is 11.5 Å². The molecular formula is C12H15IO3. The molecule has 0 aliphatic carbocycles. The summed E-state index contributed by atoms with van der Waals surface area (Å²) in [7, 11) is 1.58. The van der Waals surface area contributed by atoms with E-state index in [9.17, 15) is 4.79 Å². The number of halogens is 1. The van der Waals surface area contributed by atoms with Gasteiger partial charge in [-0.15, -0.1) is 0 Å². The summed E-state index contributed by atoms with van der Waals surface area (Å²) in [6.45, 7) is 2.78. The molecule has 0 aromatic heterocycles. The lowest BCUT2D eigenvalue weighted by Crippen LogP contribution is -2.01. The summed E-state index contributed by atoms with van der Waals surface area (Å²) in [6, 6.07) is 3.48. The molecular weight excluding hydrogens is 319 g/mol. The highest BCUT2D eigenvalue weighted by Gasteiger charge is 2.10. The molecule has 0 spiro atoms. The highest BCUT2D eigenvalue weighted by Crippen LogP contribution is 2.33. The van der Waals surface area contributed by atoms with Gasteiger partial charge in [0, 0.05) is 5.56 Å². The summed E-state index contributed by atoms with van der Waals surface area (Å²) in [5.74, 6) is 1.34. The van der Waals surface area contributed by atoms with Gasteiger partial charge in [-0.25, -0.2) is 0 Å². The minimum atomic E-state index is 0.601. The van der Waals surface area contributed by atoms with Crippen molar-refractivity contribution in [3.8, 4) is 11.5 Å². The summed E-state index contributed by atoms with van der Waals surface area (Å²) < 4.78 is 11.8. The Kier molecular flexibility index (Phi) is 5.59. The van der Waals surface area contributed by atoms with Crippen LogP contribution in [0.15, 0.2) is 12.1 Å². The van der Waals surface area contributed by atoms with Crippen LogP contribution in [0.5, 0.6) is 11.5 Å². The van der Waals surface area contributed by atoms with E-state index in [2.05, 4.69) is 29.5 Å². The largest absolute Gasteiger partial charge is 0.493 e. The van der Waals surface area contributed by atoms with Crippen molar-refractivity contribution in [2.24, 2.45) is 0 Å². The fourth-order valence-corrected chi connectivity index (χ4v) is 2.05. The van der Waals surface area contributed by atoms with Crippen molar-refractivity contribution in [1.29, 1.82) is 0 Å². The van der Waals surface area contributed by atoms with Gasteiger partial charge in [-0.3, -0.25) is 4.79 Å². The first-order chi connectivity index (χ1) is 7.72. The Hall–Kier alpha value is -0.780. The molecule has 0 heterocycles. The molecule has 1 aromatic carbocycles. The lowest BCUT2D eigenvalue weighted by molar-refractivity contribution is 0.112. The van der Waals surface area contributed by atoms with Crippen molar-refractivity contribution in [3.05, 3.63) is 21.3 Å². The number of hydrogen-bond donors (Lipinski definition) is 0. The predicted molar refractivity (Wildman–Crippen MR) is 71.5 cm³/mol. The number of carbonyl (C=O) groups is 1. The quantitative estimate of drug-likeness (QED) is 0.455. The first-order valence-corrected chi connectivity index (χ1v) is 6.26. The Morgan fingerprint density at radius 1 is 1.44 bits per heavy atom. The Morgan fingerprint density at radius 3 is 2.75 bits per heavy atom. The monoisotopic (exact) mass is 334 g/mol. The first-order valence-electron chi connectivity index (χ1n) is 5.18. The normalized spacial score (nSPS) is 9.94. The van der Waals surface area contributed by atoms with E-state index < -0.39 is 0 Å². The van der Waals surface area contributed by atoms with Gasteiger partial charge in [0.25, 0.3) is 0 Å². The molecule has 16 heavy (non-hydrogen) atoms. The second kappa shape index (κ2) is 6.73. The summed E-state index contributed by atoms with van der Waals surface area (Å²) in [5.41, 5.74) is 0.601. The molecule has 3 nitrogen and oxygen atoms in total. The summed E-state index contributed by atoms with van der Waals surface area (Å²) >= 11 is 2.15. The molecule has 0 aliphatic heterocycles. The Labute approximate surface area is 109 Å². The van der Waals surface area contributed by atoms with Crippen LogP contribution in [0.25, 0.3) is 0 Å². The number of ether oxygens (including phenoxy) is 2. The molecule has 0 bridgehead atoms. The lowest BCUT2D eigenvalue weighted by atomic mass is 10.2. The molecule has 0 saturated carbocycles. The number of rotatable bonds is 6. The van der Waals surface area contributed by atoms with Crippen LogP contribution in [0.2, 0.25) is 0 Å². The van der Waals surface area contributed by atoms with Crippen LogP contribution < -0.4 is 9.47 Å². The van der Waals surface area contributed by atoms with E-state index >= 15 is 0 Å². The molecule has 1 aromatic rings. The van der Waals surface area contributed by atoms with E-state index in [-0.39, 0.29) is 0 Å². The number of hydrogen-bond acceptors (Lipinski definition) is 3. The van der Waals surface area contributed by atoms with Gasteiger partial charge >= 0.3 is 0 Å². The number of carbonyl (C=O) groups excluding carboxylic acids is 1. The van der Waals surface area contributed by atoms with Crippen molar-refractivity contribution in [1.82, 2.24) is 0 Å². The van der Waals surface area contributed by atoms with Crippen molar-refractivity contribution in [2.75, 3.05) is 13.7 Å². The van der Waals surface area contributed by atoms with Gasteiger partial charge in [-0.05, 0) is 41.1 Å². The SMILES string of the molecule is CCCCOc1c(I)cc(C=O)cc1OC. The van der Waals surface area contributed by atoms with E-state index in [0.29, 0.717) is 17.9 Å². The third kappa shape index (κ3) is 3.37. The fraction of sp³-hybridized carbons (Fsp3) is 0.417. The molecule has 0 fully saturated rings. The van der Waals surface area contributed by atoms with Crippen LogP contribution in [0.4, 0.5) is 0 Å². The van der Waals surface area contributed by atoms with Crippen molar-refractivity contribution in [3.63, 3.8) is 0 Å². The highest BCUT2D eigenvalue weighted by atomic mass is 127. The molecule has 0 amide bonds. The zero-order valence-corrected chi connectivity index (χ0v) is 11.6. The van der Waals surface area contributed by atoms with E-state index in [1.165, 1.54) is 0 Å². The van der Waals surface area contributed by atoms with Gasteiger partial charge < -0.3 is 9.47 Å². The van der Waals surface area contributed by atoms with Crippen LogP contribution >= 0.6 is 22.6 Å². The maximum atomic E-state index is 10.7. The van der Waals surface area contributed by atoms with Gasteiger partial charge in [0.2, 0.25) is 0 Å². The lowest BCUT2D eigenvalue weighted by Gasteiger charge is -2.12. The van der Waals surface area contributed by atoms with E-state index in [4.69, 9.17) is 9.47 Å². The van der Waals surface area contributed by atoms with E-state index in [1.807, 2.05) is 0 Å². The van der Waals surface area contributed by atoms with Gasteiger partial charge in [0.05, 0.1) is 17.3 Å². The van der Waals surface area contributed by atoms with Crippen molar-refractivity contribution in [2.45, 2.75) is 19.8 Å². The summed E-state index contributed by atoms with van der Waals surface area (Å²) in [4.78, 5) is 10.7. The van der Waals surface area contributed by atoms with Gasteiger partial charge in [-0.1, -0.05) is 13.3 Å². The minimum Gasteiger partial charge on any atom is -0.493 e. The zero-order chi connectivity index (χ0) is 12.0. The van der Waals surface area contributed by atoms with Crippen LogP contribution in [-0.4, -0.2) is 20.0 Å². The predicted octanol–water partition coefficient (Wildman–Crippen LogP) is 3.29. The topological polar surface area (TPSA) is 35.5 Å². The Morgan fingerprint density at radius 2 is 2.19 bits per heavy atom. The molecule has 0 N–H and O–H groups in total. The maximum Gasteiger partial charge on any atom is 0.174 e. The average Bonchev–Trinajstić information content (AvgIpc) is 2.30. The zero-order valence-electron chi connectivity index (χ0n) is 9.46. The molecule has 88 valence electrons. The molecule has 0 atom stereocenters. The number of benzene rings is 1. The smallest absolute Gasteiger partial charge is 0.174 e. The highest BCUT2D eigenvalue weighted by molar-refractivity contribution is 14.1. The molecule has 1 rings (SSSR count). The maximum absolute atomic E-state index is 10.7. The van der Waals surface area contributed by atoms with E-state index in [0.717, 1.165) is 28.4 Å². The van der Waals surface area contributed by atoms with Crippen LogP contribution in [0.3, 0.4) is 0 Å². The minimum absolute atomic E-state index is 0.601. The summed E-state index contributed by atoms with van der Waals surface area (Å²) in [5, 5.41) is 0. The Balaban J connectivity index is 2.92. The molecule has 0 saturated heterocycles. The van der Waals surface area contributed by atoms with Gasteiger partial charge in [0.1, 0.15) is 6.29 Å². The fourth-order valence-electron chi connectivity index (χ4n) is 1.27. The molecule has 0 radical (unpaired) electrons. The molecule has 4 heteroatoms. The van der Waals surface area contributed by atoms with E-state index in [1.54, 1.807) is 19.2 Å². The number of unbranched alkanes of at least 4 members (excludes halogenated alkanes) is 1. The number of aldehydes is 1. The second-order valence-electron chi connectivity index (χ2n) is 3.35. The van der Waals surface area contributed by atoms with Crippen LogP contribution in [-0.2, 0) is 0 Å².